The summed E-state index contributed by atoms with van der Waals surface area (Å²) in [6.07, 6.45) is 23.4. The molecular formula is C31H48N2O3. The van der Waals surface area contributed by atoms with Gasteiger partial charge in [0, 0.05) is 29.9 Å². The molecule has 1 aromatic carbocycles. The molecule has 0 fully saturated rings. The van der Waals surface area contributed by atoms with Gasteiger partial charge in [-0.15, -0.1) is 0 Å². The predicted molar refractivity (Wildman–Crippen MR) is 150 cm³/mol. The van der Waals surface area contributed by atoms with E-state index in [4.69, 9.17) is 4.74 Å². The smallest absolute Gasteiger partial charge is 0.328 e. The Morgan fingerprint density at radius 2 is 1.53 bits per heavy atom. The average Bonchev–Trinajstić information content (AvgIpc) is 3.29. The number of allylic oxidation sites excluding steroid dienone is 2. The van der Waals surface area contributed by atoms with Crippen molar-refractivity contribution in [1.82, 2.24) is 10.3 Å². The Bertz CT molecular complexity index is 902. The number of carbonyl (C=O) groups is 2. The third kappa shape index (κ3) is 11.9. The molecule has 36 heavy (non-hydrogen) atoms. The number of esters is 1. The number of H-pyrrole nitrogens is 1. The maximum Gasteiger partial charge on any atom is 0.328 e. The third-order valence-electron chi connectivity index (χ3n) is 6.67. The molecule has 0 aliphatic heterocycles. The normalized spacial score (nSPS) is 12.3. The Morgan fingerprint density at radius 1 is 0.889 bits per heavy atom. The van der Waals surface area contributed by atoms with Crippen LogP contribution in [0.5, 0.6) is 0 Å². The number of fused-ring (bicyclic) bond motifs is 1. The fraction of sp³-hybridized carbons (Fsp3) is 0.613. The summed E-state index contributed by atoms with van der Waals surface area (Å²) in [5.74, 6) is -0.453. The minimum atomic E-state index is -0.667. The van der Waals surface area contributed by atoms with Crippen molar-refractivity contribution >= 4 is 22.8 Å². The van der Waals surface area contributed by atoms with E-state index < -0.39 is 6.04 Å². The lowest BCUT2D eigenvalue weighted by Crippen LogP contribution is -2.43. The van der Waals surface area contributed by atoms with E-state index in [1.165, 1.54) is 57.8 Å². The molecule has 2 N–H and O–H groups in total. The zero-order valence-electron chi connectivity index (χ0n) is 22.7. The van der Waals surface area contributed by atoms with Crippen LogP contribution in [0.3, 0.4) is 0 Å². The van der Waals surface area contributed by atoms with Gasteiger partial charge in [-0.05, 0) is 50.7 Å². The van der Waals surface area contributed by atoms with Crippen LogP contribution in [0.4, 0.5) is 0 Å². The zero-order chi connectivity index (χ0) is 25.8. The van der Waals surface area contributed by atoms with Gasteiger partial charge in [0.25, 0.3) is 0 Å². The fourth-order valence-electron chi connectivity index (χ4n) is 4.58. The van der Waals surface area contributed by atoms with E-state index in [9.17, 15) is 9.59 Å². The lowest BCUT2D eigenvalue weighted by molar-refractivity contribution is -0.147. The van der Waals surface area contributed by atoms with Gasteiger partial charge in [0.05, 0.1) is 6.61 Å². The highest BCUT2D eigenvalue weighted by Gasteiger charge is 2.23. The van der Waals surface area contributed by atoms with Crippen molar-refractivity contribution in [2.45, 2.75) is 116 Å². The van der Waals surface area contributed by atoms with Crippen LogP contribution in [0.2, 0.25) is 0 Å². The average molecular weight is 497 g/mol. The molecular weight excluding hydrogens is 448 g/mol. The first-order valence-electron chi connectivity index (χ1n) is 14.3. The molecule has 1 atom stereocenters. The topological polar surface area (TPSA) is 71.2 Å². The summed E-state index contributed by atoms with van der Waals surface area (Å²) in [5.41, 5.74) is 2.03. The monoisotopic (exact) mass is 496 g/mol. The van der Waals surface area contributed by atoms with Crippen LogP contribution in [0.1, 0.15) is 109 Å². The number of hydrogen-bond acceptors (Lipinski definition) is 3. The first-order chi connectivity index (χ1) is 17.7. The Labute approximate surface area is 218 Å². The summed E-state index contributed by atoms with van der Waals surface area (Å²) in [5, 5.41) is 3.99. The molecule has 0 radical (unpaired) electrons. The van der Waals surface area contributed by atoms with Crippen LogP contribution >= 0.6 is 0 Å². The van der Waals surface area contributed by atoms with E-state index in [0.29, 0.717) is 19.4 Å². The molecule has 0 saturated heterocycles. The van der Waals surface area contributed by atoms with E-state index >= 15 is 0 Å². The van der Waals surface area contributed by atoms with Crippen molar-refractivity contribution < 1.29 is 14.3 Å². The van der Waals surface area contributed by atoms with Gasteiger partial charge in [-0.1, -0.05) is 88.6 Å². The molecule has 1 unspecified atom stereocenters. The number of ether oxygens (including phenoxy) is 1. The molecule has 2 rings (SSSR count). The van der Waals surface area contributed by atoms with Gasteiger partial charge < -0.3 is 15.0 Å². The summed E-state index contributed by atoms with van der Waals surface area (Å²) in [7, 11) is 0. The standard InChI is InChI=1S/C31H48N2O3/c1-3-5-6-7-8-9-10-11-12-13-14-15-16-17-18-23-30(34)33-29(31(35)36-4-2)24-26-25-32-28-22-20-19-21-27(26)28/h11-12,19-22,25,29,32H,3-10,13-18,23-24H2,1-2H3,(H,33,34)/b12-11+. The van der Waals surface area contributed by atoms with Crippen LogP contribution in [0.15, 0.2) is 42.6 Å². The molecule has 1 heterocycles. The number of nitrogens with one attached hydrogen (secondary N) is 2. The Hall–Kier alpha value is -2.56. The molecule has 0 aliphatic carbocycles. The fourth-order valence-corrected chi connectivity index (χ4v) is 4.58. The molecule has 0 bridgehead atoms. The summed E-state index contributed by atoms with van der Waals surface area (Å²) < 4.78 is 5.23. The molecule has 2 aromatic rings. The van der Waals surface area contributed by atoms with Crippen LogP contribution in [-0.4, -0.2) is 29.5 Å². The number of unbranched alkanes of at least 4 members (excludes halogenated alkanes) is 11. The summed E-state index contributed by atoms with van der Waals surface area (Å²) in [6.45, 7) is 4.35. The van der Waals surface area contributed by atoms with E-state index in [2.05, 4.69) is 29.4 Å². The van der Waals surface area contributed by atoms with Crippen molar-refractivity contribution in [2.24, 2.45) is 0 Å². The van der Waals surface area contributed by atoms with E-state index in [1.54, 1.807) is 6.92 Å². The number of para-hydroxylation sites is 1. The van der Waals surface area contributed by atoms with Crippen molar-refractivity contribution in [3.05, 3.63) is 48.2 Å². The van der Waals surface area contributed by atoms with E-state index in [-0.39, 0.29) is 11.9 Å². The second-order valence-corrected chi connectivity index (χ2v) is 9.77. The lowest BCUT2D eigenvalue weighted by atomic mass is 10.0. The molecule has 200 valence electrons. The number of hydrogen-bond donors (Lipinski definition) is 2. The SMILES string of the molecule is CCCCCCCC/C=C/CCCCCCCC(=O)NC(Cc1c[nH]c2ccccc12)C(=O)OCC. The van der Waals surface area contributed by atoms with Gasteiger partial charge >= 0.3 is 5.97 Å². The third-order valence-corrected chi connectivity index (χ3v) is 6.67. The number of aromatic amines is 1. The molecule has 5 nitrogen and oxygen atoms in total. The second-order valence-electron chi connectivity index (χ2n) is 9.77. The Morgan fingerprint density at radius 3 is 2.22 bits per heavy atom. The summed E-state index contributed by atoms with van der Waals surface area (Å²) in [6, 6.07) is 7.31. The quantitative estimate of drug-likeness (QED) is 0.112. The van der Waals surface area contributed by atoms with Gasteiger partial charge in [-0.3, -0.25) is 4.79 Å². The van der Waals surface area contributed by atoms with Crippen molar-refractivity contribution in [2.75, 3.05) is 6.61 Å². The van der Waals surface area contributed by atoms with Crippen LogP contribution in [-0.2, 0) is 20.7 Å². The van der Waals surface area contributed by atoms with Gasteiger partial charge in [0.2, 0.25) is 5.91 Å². The maximum atomic E-state index is 12.6. The summed E-state index contributed by atoms with van der Waals surface area (Å²) in [4.78, 5) is 28.3. The van der Waals surface area contributed by atoms with Crippen molar-refractivity contribution in [1.29, 1.82) is 0 Å². The lowest BCUT2D eigenvalue weighted by Gasteiger charge is -2.17. The largest absolute Gasteiger partial charge is 0.464 e. The molecule has 0 aliphatic rings. The highest BCUT2D eigenvalue weighted by Crippen LogP contribution is 2.19. The number of carbonyl (C=O) groups excluding carboxylic acids is 2. The Kier molecular flexibility index (Phi) is 15.4. The number of amides is 1. The minimum absolute atomic E-state index is 0.0782. The maximum absolute atomic E-state index is 12.6. The summed E-state index contributed by atoms with van der Waals surface area (Å²) >= 11 is 0. The van der Waals surface area contributed by atoms with Gasteiger partial charge in [0.15, 0.2) is 0 Å². The highest BCUT2D eigenvalue weighted by atomic mass is 16.5. The van der Waals surface area contributed by atoms with Crippen LogP contribution in [0.25, 0.3) is 10.9 Å². The van der Waals surface area contributed by atoms with E-state index in [0.717, 1.165) is 42.1 Å². The molecule has 1 amide bonds. The van der Waals surface area contributed by atoms with Crippen molar-refractivity contribution in [3.8, 4) is 0 Å². The first kappa shape index (κ1) is 29.7. The molecule has 1 aromatic heterocycles. The number of rotatable bonds is 20. The Balaban J connectivity index is 1.59. The number of aromatic nitrogens is 1. The highest BCUT2D eigenvalue weighted by molar-refractivity contribution is 5.87. The molecule has 5 heteroatoms. The second kappa shape index (κ2) is 18.7. The zero-order valence-corrected chi connectivity index (χ0v) is 22.7. The molecule has 0 saturated carbocycles. The van der Waals surface area contributed by atoms with Gasteiger partial charge in [-0.2, -0.15) is 0 Å². The first-order valence-corrected chi connectivity index (χ1v) is 14.3. The van der Waals surface area contributed by atoms with Crippen molar-refractivity contribution in [3.63, 3.8) is 0 Å². The number of benzene rings is 1. The van der Waals surface area contributed by atoms with Gasteiger partial charge in [0.1, 0.15) is 6.04 Å². The van der Waals surface area contributed by atoms with Crippen LogP contribution < -0.4 is 5.32 Å². The predicted octanol–water partition coefficient (Wildman–Crippen LogP) is 7.80. The van der Waals surface area contributed by atoms with Crippen LogP contribution in [0, 0.1) is 0 Å². The minimum Gasteiger partial charge on any atom is -0.464 e. The van der Waals surface area contributed by atoms with E-state index in [1.807, 2.05) is 30.5 Å². The molecule has 0 spiro atoms. The van der Waals surface area contributed by atoms with Gasteiger partial charge in [-0.25, -0.2) is 4.79 Å².